The number of carbonyl (C=O) groups excluding carboxylic acids is 2. The maximum absolute atomic E-state index is 12.5. The molecule has 0 radical (unpaired) electrons. The zero-order chi connectivity index (χ0) is 15.1. The summed E-state index contributed by atoms with van der Waals surface area (Å²) in [5.41, 5.74) is 0.969. The summed E-state index contributed by atoms with van der Waals surface area (Å²) >= 11 is 0. The highest BCUT2D eigenvalue weighted by molar-refractivity contribution is 5.88. The summed E-state index contributed by atoms with van der Waals surface area (Å²) < 4.78 is 4.63. The molecule has 1 aromatic rings. The topological polar surface area (TPSA) is 55.4 Å². The van der Waals surface area contributed by atoms with Crippen molar-refractivity contribution in [2.45, 2.75) is 39.2 Å². The third-order valence-electron chi connectivity index (χ3n) is 3.57. The summed E-state index contributed by atoms with van der Waals surface area (Å²) in [6.45, 7) is 5.72. The van der Waals surface area contributed by atoms with Gasteiger partial charge in [-0.05, 0) is 18.4 Å². The molecule has 0 saturated heterocycles. The molecule has 0 aliphatic carbocycles. The Morgan fingerprint density at radius 1 is 1.20 bits per heavy atom. The van der Waals surface area contributed by atoms with E-state index < -0.39 is 12.0 Å². The molecule has 1 N–H and O–H groups in total. The molecule has 0 bridgehead atoms. The fourth-order valence-electron chi connectivity index (χ4n) is 2.17. The van der Waals surface area contributed by atoms with Gasteiger partial charge < -0.3 is 10.1 Å². The molecule has 110 valence electrons. The van der Waals surface area contributed by atoms with Gasteiger partial charge >= 0.3 is 5.97 Å². The van der Waals surface area contributed by atoms with Gasteiger partial charge in [-0.1, -0.05) is 50.6 Å². The third-order valence-corrected chi connectivity index (χ3v) is 3.57. The first-order valence-electron chi connectivity index (χ1n) is 6.94. The van der Waals surface area contributed by atoms with Crippen molar-refractivity contribution in [2.24, 2.45) is 5.92 Å². The van der Waals surface area contributed by atoms with E-state index in [1.165, 1.54) is 7.11 Å². The van der Waals surface area contributed by atoms with E-state index in [1.807, 2.05) is 37.3 Å². The standard InChI is InChI=1S/C16H23NO3/c1-5-11(2)14(13-9-7-6-8-10-13)15(18)17-12(3)16(19)20-4/h6-12,14H,5H2,1-4H3,(H,17,18). The van der Waals surface area contributed by atoms with Crippen molar-refractivity contribution in [3.8, 4) is 0 Å². The van der Waals surface area contributed by atoms with Gasteiger partial charge in [0.25, 0.3) is 0 Å². The van der Waals surface area contributed by atoms with Crippen molar-refractivity contribution in [1.82, 2.24) is 5.32 Å². The largest absolute Gasteiger partial charge is 0.467 e. The number of methoxy groups -OCH3 is 1. The molecule has 0 aromatic heterocycles. The van der Waals surface area contributed by atoms with E-state index in [4.69, 9.17) is 0 Å². The second kappa shape index (κ2) is 7.68. The molecule has 1 aromatic carbocycles. The lowest BCUT2D eigenvalue weighted by Crippen LogP contribution is -2.42. The highest BCUT2D eigenvalue weighted by Gasteiger charge is 2.28. The molecule has 1 amide bonds. The van der Waals surface area contributed by atoms with E-state index in [-0.39, 0.29) is 17.7 Å². The van der Waals surface area contributed by atoms with Gasteiger partial charge in [0.2, 0.25) is 5.91 Å². The summed E-state index contributed by atoms with van der Waals surface area (Å²) in [6, 6.07) is 9.01. The minimum absolute atomic E-state index is 0.136. The van der Waals surface area contributed by atoms with E-state index in [2.05, 4.69) is 17.0 Å². The minimum Gasteiger partial charge on any atom is -0.467 e. The smallest absolute Gasteiger partial charge is 0.328 e. The Kier molecular flexibility index (Phi) is 6.22. The molecule has 4 heteroatoms. The van der Waals surface area contributed by atoms with Crippen molar-refractivity contribution in [3.05, 3.63) is 35.9 Å². The van der Waals surface area contributed by atoms with Crippen LogP contribution in [0, 0.1) is 5.92 Å². The Hall–Kier alpha value is -1.84. The lowest BCUT2D eigenvalue weighted by atomic mass is 9.84. The summed E-state index contributed by atoms with van der Waals surface area (Å²) in [4.78, 5) is 23.9. The average Bonchev–Trinajstić information content (AvgIpc) is 2.47. The highest BCUT2D eigenvalue weighted by atomic mass is 16.5. The van der Waals surface area contributed by atoms with Crippen LogP contribution in [0.5, 0.6) is 0 Å². The van der Waals surface area contributed by atoms with Crippen LogP contribution in [0.3, 0.4) is 0 Å². The molecule has 0 heterocycles. The first-order valence-corrected chi connectivity index (χ1v) is 6.94. The van der Waals surface area contributed by atoms with Crippen molar-refractivity contribution in [3.63, 3.8) is 0 Å². The fraction of sp³-hybridized carbons (Fsp3) is 0.500. The quantitative estimate of drug-likeness (QED) is 0.813. The SMILES string of the molecule is CCC(C)C(C(=O)NC(C)C(=O)OC)c1ccccc1. The number of ether oxygens (including phenoxy) is 1. The Balaban J connectivity index is 2.89. The first-order chi connectivity index (χ1) is 9.51. The van der Waals surface area contributed by atoms with E-state index in [9.17, 15) is 9.59 Å². The minimum atomic E-state index is -0.636. The van der Waals surface area contributed by atoms with Crippen LogP contribution >= 0.6 is 0 Å². The zero-order valence-electron chi connectivity index (χ0n) is 12.6. The van der Waals surface area contributed by atoms with E-state index in [0.717, 1.165) is 12.0 Å². The summed E-state index contributed by atoms with van der Waals surface area (Å²) in [5, 5.41) is 2.73. The van der Waals surface area contributed by atoms with Crippen molar-refractivity contribution >= 4 is 11.9 Å². The maximum Gasteiger partial charge on any atom is 0.328 e. The molecule has 3 unspecified atom stereocenters. The van der Waals surface area contributed by atoms with E-state index in [1.54, 1.807) is 6.92 Å². The molecule has 1 rings (SSSR count). The molecule has 0 fully saturated rings. The number of esters is 1. The van der Waals surface area contributed by atoms with E-state index >= 15 is 0 Å². The molecule has 0 saturated carbocycles. The van der Waals surface area contributed by atoms with Crippen LogP contribution in [0.25, 0.3) is 0 Å². The number of carbonyl (C=O) groups is 2. The van der Waals surface area contributed by atoms with Crippen molar-refractivity contribution in [1.29, 1.82) is 0 Å². The first kappa shape index (κ1) is 16.2. The number of rotatable bonds is 6. The van der Waals surface area contributed by atoms with E-state index in [0.29, 0.717) is 0 Å². The van der Waals surface area contributed by atoms with Crippen LogP contribution in [0.4, 0.5) is 0 Å². The Morgan fingerprint density at radius 2 is 1.80 bits per heavy atom. The summed E-state index contributed by atoms with van der Waals surface area (Å²) in [5.74, 6) is -0.631. The van der Waals surface area contributed by atoms with Gasteiger partial charge in [-0.25, -0.2) is 4.79 Å². The van der Waals surface area contributed by atoms with Crippen LogP contribution in [0.2, 0.25) is 0 Å². The molecule has 3 atom stereocenters. The lowest BCUT2D eigenvalue weighted by Gasteiger charge is -2.24. The fourth-order valence-corrected chi connectivity index (χ4v) is 2.17. The molecule has 0 aliphatic heterocycles. The summed E-state index contributed by atoms with van der Waals surface area (Å²) in [6.07, 6.45) is 0.888. The van der Waals surface area contributed by atoms with Crippen LogP contribution in [0.1, 0.15) is 38.7 Å². The van der Waals surface area contributed by atoms with Gasteiger partial charge in [0.15, 0.2) is 0 Å². The maximum atomic E-state index is 12.5. The molecule has 0 spiro atoms. The average molecular weight is 277 g/mol. The van der Waals surface area contributed by atoms with Crippen LogP contribution < -0.4 is 5.32 Å². The third kappa shape index (κ3) is 4.08. The molecule has 20 heavy (non-hydrogen) atoms. The summed E-state index contributed by atoms with van der Waals surface area (Å²) in [7, 11) is 1.31. The number of hydrogen-bond acceptors (Lipinski definition) is 3. The normalized spacial score (nSPS) is 15.0. The van der Waals surface area contributed by atoms with Gasteiger partial charge in [0.1, 0.15) is 6.04 Å². The Bertz CT molecular complexity index is 444. The highest BCUT2D eigenvalue weighted by Crippen LogP contribution is 2.27. The van der Waals surface area contributed by atoms with Crippen LogP contribution in [-0.2, 0) is 14.3 Å². The molecular formula is C16H23NO3. The Labute approximate surface area is 120 Å². The van der Waals surface area contributed by atoms with Gasteiger partial charge in [0, 0.05) is 0 Å². The van der Waals surface area contributed by atoms with Crippen molar-refractivity contribution in [2.75, 3.05) is 7.11 Å². The predicted octanol–water partition coefficient (Wildman–Crippen LogP) is 2.49. The number of benzene rings is 1. The molecule has 4 nitrogen and oxygen atoms in total. The number of hydrogen-bond donors (Lipinski definition) is 1. The molecular weight excluding hydrogens is 254 g/mol. The van der Waals surface area contributed by atoms with Crippen LogP contribution in [0.15, 0.2) is 30.3 Å². The van der Waals surface area contributed by atoms with Gasteiger partial charge in [-0.3, -0.25) is 4.79 Å². The number of amides is 1. The number of nitrogens with one attached hydrogen (secondary N) is 1. The monoisotopic (exact) mass is 277 g/mol. The van der Waals surface area contributed by atoms with Gasteiger partial charge in [-0.2, -0.15) is 0 Å². The van der Waals surface area contributed by atoms with Crippen LogP contribution in [-0.4, -0.2) is 25.0 Å². The Morgan fingerprint density at radius 3 is 2.30 bits per heavy atom. The van der Waals surface area contributed by atoms with Gasteiger partial charge in [-0.15, -0.1) is 0 Å². The zero-order valence-corrected chi connectivity index (χ0v) is 12.6. The second-order valence-corrected chi connectivity index (χ2v) is 5.03. The van der Waals surface area contributed by atoms with Crippen molar-refractivity contribution < 1.29 is 14.3 Å². The molecule has 0 aliphatic rings. The second-order valence-electron chi connectivity index (χ2n) is 5.03. The predicted molar refractivity (Wildman–Crippen MR) is 78.3 cm³/mol. The lowest BCUT2D eigenvalue weighted by molar-refractivity contribution is -0.144. The van der Waals surface area contributed by atoms with Gasteiger partial charge in [0.05, 0.1) is 13.0 Å².